The van der Waals surface area contributed by atoms with Gasteiger partial charge in [0.2, 0.25) is 0 Å². The van der Waals surface area contributed by atoms with Crippen molar-refractivity contribution >= 4 is 27.7 Å². The van der Waals surface area contributed by atoms with Gasteiger partial charge in [-0.2, -0.15) is 5.10 Å². The number of nitrogens with one attached hydrogen (secondary N) is 3. The van der Waals surface area contributed by atoms with Crippen LogP contribution in [0.2, 0.25) is 0 Å². The van der Waals surface area contributed by atoms with Crippen LogP contribution >= 0.6 is 15.9 Å². The zero-order valence-electron chi connectivity index (χ0n) is 10.8. The molecule has 2 aromatic heterocycles. The van der Waals surface area contributed by atoms with E-state index >= 15 is 0 Å². The zero-order chi connectivity index (χ0) is 14.5. The van der Waals surface area contributed by atoms with Crippen molar-refractivity contribution in [1.29, 1.82) is 0 Å². The van der Waals surface area contributed by atoms with Crippen LogP contribution in [0.15, 0.2) is 29.0 Å². The third-order valence-corrected chi connectivity index (χ3v) is 3.08. The average molecular weight is 340 g/mol. The lowest BCUT2D eigenvalue weighted by Gasteiger charge is -2.06. The van der Waals surface area contributed by atoms with E-state index in [1.165, 1.54) is 6.20 Å². The summed E-state index contributed by atoms with van der Waals surface area (Å²) < 4.78 is 2.57. The van der Waals surface area contributed by atoms with Gasteiger partial charge in [-0.1, -0.05) is 0 Å². The molecule has 0 saturated carbocycles. The number of rotatable bonds is 5. The van der Waals surface area contributed by atoms with Crippen molar-refractivity contribution in [3.8, 4) is 0 Å². The maximum atomic E-state index is 11.9. The molecule has 0 aliphatic heterocycles. The standard InChI is InChI=1S/C12H14BrN5O2/c1-18-7-8(13)6-10(18)12(20)15-5-4-14-11(19)9-2-3-16-17-9/h2-3,6-7H,4-5H2,1H3,(H,14,19)(H,15,20)(H,16,17). The third kappa shape index (κ3) is 3.47. The van der Waals surface area contributed by atoms with Crippen LogP contribution < -0.4 is 10.6 Å². The van der Waals surface area contributed by atoms with Crippen molar-refractivity contribution in [3.05, 3.63) is 40.4 Å². The Morgan fingerprint density at radius 3 is 2.60 bits per heavy atom. The highest BCUT2D eigenvalue weighted by atomic mass is 79.9. The number of aryl methyl sites for hydroxylation is 1. The summed E-state index contributed by atoms with van der Waals surface area (Å²) in [5.74, 6) is -0.438. The molecule has 0 bridgehead atoms. The minimum Gasteiger partial charge on any atom is -0.349 e. The lowest BCUT2D eigenvalue weighted by molar-refractivity contribution is 0.0921. The average Bonchev–Trinajstić information content (AvgIpc) is 3.03. The molecule has 0 saturated heterocycles. The monoisotopic (exact) mass is 339 g/mol. The van der Waals surface area contributed by atoms with Gasteiger partial charge in [0, 0.05) is 37.0 Å². The van der Waals surface area contributed by atoms with Gasteiger partial charge >= 0.3 is 0 Å². The van der Waals surface area contributed by atoms with Gasteiger partial charge in [0.05, 0.1) is 0 Å². The van der Waals surface area contributed by atoms with Crippen molar-refractivity contribution in [2.24, 2.45) is 7.05 Å². The van der Waals surface area contributed by atoms with Crippen LogP contribution in [0.3, 0.4) is 0 Å². The molecule has 2 heterocycles. The number of hydrogen-bond donors (Lipinski definition) is 3. The largest absolute Gasteiger partial charge is 0.349 e. The maximum absolute atomic E-state index is 11.9. The van der Waals surface area contributed by atoms with E-state index < -0.39 is 0 Å². The Kier molecular flexibility index (Phi) is 4.57. The predicted octanol–water partition coefficient (Wildman–Crippen LogP) is 0.671. The van der Waals surface area contributed by atoms with E-state index in [1.807, 2.05) is 0 Å². The molecule has 0 atom stereocenters. The molecular weight excluding hydrogens is 326 g/mol. The summed E-state index contributed by atoms with van der Waals surface area (Å²) in [7, 11) is 1.79. The van der Waals surface area contributed by atoms with Crippen molar-refractivity contribution in [2.75, 3.05) is 13.1 Å². The summed E-state index contributed by atoms with van der Waals surface area (Å²) in [6, 6.07) is 3.31. The highest BCUT2D eigenvalue weighted by Gasteiger charge is 2.10. The van der Waals surface area contributed by atoms with Gasteiger partial charge in [-0.25, -0.2) is 0 Å². The molecule has 106 valence electrons. The predicted molar refractivity (Wildman–Crippen MR) is 76.4 cm³/mol. The number of aromatic nitrogens is 3. The van der Waals surface area contributed by atoms with Crippen molar-refractivity contribution in [3.63, 3.8) is 0 Å². The Morgan fingerprint density at radius 2 is 2.05 bits per heavy atom. The topological polar surface area (TPSA) is 91.8 Å². The highest BCUT2D eigenvalue weighted by molar-refractivity contribution is 9.10. The van der Waals surface area contributed by atoms with E-state index in [-0.39, 0.29) is 11.8 Å². The van der Waals surface area contributed by atoms with Crippen molar-refractivity contribution in [2.45, 2.75) is 0 Å². The summed E-state index contributed by atoms with van der Waals surface area (Å²) in [4.78, 5) is 23.4. The van der Waals surface area contributed by atoms with Gasteiger partial charge in [0.15, 0.2) is 0 Å². The van der Waals surface area contributed by atoms with Gasteiger partial charge in [0.1, 0.15) is 11.4 Å². The van der Waals surface area contributed by atoms with Gasteiger partial charge in [0.25, 0.3) is 11.8 Å². The van der Waals surface area contributed by atoms with Gasteiger partial charge in [-0.15, -0.1) is 0 Å². The molecule has 20 heavy (non-hydrogen) atoms. The summed E-state index contributed by atoms with van der Waals surface area (Å²) in [5.41, 5.74) is 0.944. The minimum atomic E-state index is -0.252. The number of carbonyl (C=O) groups excluding carboxylic acids is 2. The number of aromatic amines is 1. The molecule has 7 nitrogen and oxygen atoms in total. The molecule has 0 fully saturated rings. The smallest absolute Gasteiger partial charge is 0.269 e. The molecule has 2 aromatic rings. The Labute approximate surface area is 123 Å². The summed E-state index contributed by atoms with van der Waals surface area (Å²) in [5, 5.41) is 11.7. The van der Waals surface area contributed by atoms with Crippen LogP contribution in [0.5, 0.6) is 0 Å². The Bertz CT molecular complexity index is 605. The summed E-state index contributed by atoms with van der Waals surface area (Å²) in [6.45, 7) is 0.691. The first-order valence-electron chi connectivity index (χ1n) is 5.95. The molecule has 0 unspecified atom stereocenters. The van der Waals surface area contributed by atoms with Crippen LogP contribution in [0, 0.1) is 0 Å². The summed E-state index contributed by atoms with van der Waals surface area (Å²) >= 11 is 3.31. The molecule has 0 aliphatic rings. The summed E-state index contributed by atoms with van der Waals surface area (Å²) in [6.07, 6.45) is 3.30. The van der Waals surface area contributed by atoms with Crippen LogP contribution in [0.4, 0.5) is 0 Å². The Morgan fingerprint density at radius 1 is 1.35 bits per heavy atom. The lowest BCUT2D eigenvalue weighted by atomic mass is 10.4. The molecule has 0 aromatic carbocycles. The number of H-pyrrole nitrogens is 1. The zero-order valence-corrected chi connectivity index (χ0v) is 12.4. The van der Waals surface area contributed by atoms with Gasteiger partial charge in [-0.3, -0.25) is 14.7 Å². The second kappa shape index (κ2) is 6.38. The fraction of sp³-hybridized carbons (Fsp3) is 0.250. The molecule has 0 aliphatic carbocycles. The second-order valence-electron chi connectivity index (χ2n) is 4.14. The number of hydrogen-bond acceptors (Lipinski definition) is 3. The van der Waals surface area contributed by atoms with Gasteiger partial charge < -0.3 is 15.2 Å². The molecule has 8 heteroatoms. The molecule has 0 spiro atoms. The van der Waals surface area contributed by atoms with E-state index in [0.29, 0.717) is 24.5 Å². The minimum absolute atomic E-state index is 0.186. The molecule has 0 radical (unpaired) electrons. The second-order valence-corrected chi connectivity index (χ2v) is 5.05. The fourth-order valence-electron chi connectivity index (χ4n) is 1.67. The van der Waals surface area contributed by atoms with Crippen LogP contribution in [-0.2, 0) is 7.05 Å². The van der Waals surface area contributed by atoms with E-state index in [4.69, 9.17) is 0 Å². The van der Waals surface area contributed by atoms with Crippen LogP contribution in [0.25, 0.3) is 0 Å². The first kappa shape index (κ1) is 14.3. The molecular formula is C12H14BrN5O2. The molecule has 2 amide bonds. The van der Waals surface area contributed by atoms with E-state index in [2.05, 4.69) is 36.8 Å². The molecule has 3 N–H and O–H groups in total. The third-order valence-electron chi connectivity index (χ3n) is 2.65. The number of halogens is 1. The Hall–Kier alpha value is -2.09. The fourth-order valence-corrected chi connectivity index (χ4v) is 2.19. The van der Waals surface area contributed by atoms with Crippen LogP contribution in [-0.4, -0.2) is 39.7 Å². The number of nitrogens with zero attached hydrogens (tertiary/aromatic N) is 2. The van der Waals surface area contributed by atoms with E-state index in [1.54, 1.807) is 29.9 Å². The SMILES string of the molecule is Cn1cc(Br)cc1C(=O)NCCNC(=O)c1ccn[nH]1. The quantitative estimate of drug-likeness (QED) is 0.699. The number of amides is 2. The number of carbonyl (C=O) groups is 2. The van der Waals surface area contributed by atoms with E-state index in [0.717, 1.165) is 4.47 Å². The highest BCUT2D eigenvalue weighted by Crippen LogP contribution is 2.13. The van der Waals surface area contributed by atoms with E-state index in [9.17, 15) is 9.59 Å². The van der Waals surface area contributed by atoms with Gasteiger partial charge in [-0.05, 0) is 28.1 Å². The molecule has 2 rings (SSSR count). The normalized spacial score (nSPS) is 10.3. The van der Waals surface area contributed by atoms with Crippen molar-refractivity contribution < 1.29 is 9.59 Å². The first-order chi connectivity index (χ1) is 9.58. The maximum Gasteiger partial charge on any atom is 0.269 e. The van der Waals surface area contributed by atoms with Crippen molar-refractivity contribution in [1.82, 2.24) is 25.4 Å². The van der Waals surface area contributed by atoms with Crippen LogP contribution in [0.1, 0.15) is 21.0 Å². The Balaban J connectivity index is 1.75. The first-order valence-corrected chi connectivity index (χ1v) is 6.75. The lowest BCUT2D eigenvalue weighted by Crippen LogP contribution is -2.35.